The van der Waals surface area contributed by atoms with Crippen LogP contribution in [0.3, 0.4) is 0 Å². The van der Waals surface area contributed by atoms with Crippen molar-refractivity contribution in [2.24, 2.45) is 17.3 Å². The van der Waals surface area contributed by atoms with Crippen molar-refractivity contribution in [2.75, 3.05) is 0 Å². The Labute approximate surface area is 263 Å². The normalized spacial score (nSPS) is 32.8. The predicted octanol–water partition coefficient (Wildman–Crippen LogP) is 6.96. The molecule has 4 aliphatic carbocycles. The van der Waals surface area contributed by atoms with Gasteiger partial charge >= 0.3 is 6.09 Å². The number of rotatable bonds is 4. The third-order valence-corrected chi connectivity index (χ3v) is 11.3. The lowest BCUT2D eigenvalue weighted by atomic mass is 9.53. The Kier molecular flexibility index (Phi) is 8.50. The standard InChI is InChI=1S/C38H50N2O4/c1-36(2,3)44-35(42)40-34-8-6-5-7-33(34)39-24-26-11-9-25(10-12-26)17-21-38(43)22-19-32-31-15-13-27-23-28(41)14-16-29(27)30(31)18-20-37(32,38)4/h9-12,14,16,23,30-34,39,41,43H,5-8,13,15,18-20,22,24H2,1-4H3,(H,40,42)/t30-,31-,32+,33?,34?,37+,38+/m1/s1. The van der Waals surface area contributed by atoms with Crippen LogP contribution in [0.1, 0.15) is 114 Å². The second-order valence-electron chi connectivity index (χ2n) is 15.1. The highest BCUT2D eigenvalue weighted by molar-refractivity contribution is 5.68. The molecule has 0 radical (unpaired) electrons. The van der Waals surface area contributed by atoms with Gasteiger partial charge in [0, 0.05) is 29.6 Å². The van der Waals surface area contributed by atoms with Crippen molar-refractivity contribution in [3.05, 3.63) is 64.7 Å². The first-order valence-electron chi connectivity index (χ1n) is 16.8. The van der Waals surface area contributed by atoms with Gasteiger partial charge < -0.3 is 25.6 Å². The third-order valence-electron chi connectivity index (χ3n) is 11.3. The van der Waals surface area contributed by atoms with Gasteiger partial charge in [0.25, 0.3) is 0 Å². The van der Waals surface area contributed by atoms with Crippen LogP contribution in [0.5, 0.6) is 5.75 Å². The highest BCUT2D eigenvalue weighted by Crippen LogP contribution is 2.64. The molecule has 3 fully saturated rings. The van der Waals surface area contributed by atoms with Gasteiger partial charge in [-0.15, -0.1) is 0 Å². The Hall–Kier alpha value is -3.01. The quantitative estimate of drug-likeness (QED) is 0.286. The third kappa shape index (κ3) is 6.24. The maximum atomic E-state index is 12.4. The zero-order chi connectivity index (χ0) is 31.1. The molecule has 236 valence electrons. The van der Waals surface area contributed by atoms with Crippen LogP contribution >= 0.6 is 0 Å². The molecule has 0 bridgehead atoms. The number of aryl methyl sites for hydroxylation is 1. The number of phenolic OH excluding ortho intramolecular Hbond substituents is 1. The number of fused-ring (bicyclic) bond motifs is 5. The van der Waals surface area contributed by atoms with Gasteiger partial charge in [-0.2, -0.15) is 0 Å². The van der Waals surface area contributed by atoms with Crippen LogP contribution in [0.4, 0.5) is 4.79 Å². The maximum absolute atomic E-state index is 12.4. The number of alkyl carbamates (subject to hydrolysis) is 1. The van der Waals surface area contributed by atoms with E-state index in [1.165, 1.54) is 16.7 Å². The van der Waals surface area contributed by atoms with Crippen LogP contribution < -0.4 is 10.6 Å². The molecule has 3 saturated carbocycles. The summed E-state index contributed by atoms with van der Waals surface area (Å²) in [6.07, 6.45) is 9.81. The van der Waals surface area contributed by atoms with Crippen molar-refractivity contribution < 1.29 is 19.7 Å². The largest absolute Gasteiger partial charge is 0.508 e. The second kappa shape index (κ2) is 12.1. The molecule has 0 aliphatic heterocycles. The average molecular weight is 599 g/mol. The summed E-state index contributed by atoms with van der Waals surface area (Å²) in [6.45, 7) is 8.67. The van der Waals surface area contributed by atoms with Gasteiger partial charge in [0.15, 0.2) is 0 Å². The summed E-state index contributed by atoms with van der Waals surface area (Å²) in [6, 6.07) is 14.5. The molecule has 2 unspecified atom stereocenters. The second-order valence-corrected chi connectivity index (χ2v) is 15.1. The lowest BCUT2D eigenvalue weighted by molar-refractivity contribution is -0.0647. The van der Waals surface area contributed by atoms with Crippen molar-refractivity contribution >= 4 is 6.09 Å². The number of aromatic hydroxyl groups is 1. The zero-order valence-electron chi connectivity index (χ0n) is 26.9. The average Bonchev–Trinajstić information content (AvgIpc) is 3.25. The molecule has 6 heteroatoms. The maximum Gasteiger partial charge on any atom is 0.407 e. The highest BCUT2D eigenvalue weighted by Gasteiger charge is 2.61. The van der Waals surface area contributed by atoms with Gasteiger partial charge in [0.1, 0.15) is 17.0 Å². The number of hydrogen-bond acceptors (Lipinski definition) is 5. The van der Waals surface area contributed by atoms with Crippen LogP contribution in [-0.2, 0) is 17.7 Å². The molecular weight excluding hydrogens is 548 g/mol. The molecule has 44 heavy (non-hydrogen) atoms. The van der Waals surface area contributed by atoms with Crippen LogP contribution in [-0.4, -0.2) is 39.6 Å². The van der Waals surface area contributed by atoms with Crippen LogP contribution in [0.2, 0.25) is 0 Å². The number of aliphatic hydroxyl groups is 1. The lowest BCUT2D eigenvalue weighted by Gasteiger charge is -2.52. The predicted molar refractivity (Wildman–Crippen MR) is 173 cm³/mol. The number of carbonyl (C=O) groups excluding carboxylic acids is 1. The molecule has 0 heterocycles. The number of hydrogen-bond donors (Lipinski definition) is 4. The van der Waals surface area contributed by atoms with E-state index in [2.05, 4.69) is 59.7 Å². The fraction of sp³-hybridized carbons (Fsp3) is 0.605. The molecule has 4 N–H and O–H groups in total. The summed E-state index contributed by atoms with van der Waals surface area (Å²) in [5.41, 5.74) is 3.13. The van der Waals surface area contributed by atoms with Gasteiger partial charge in [0.2, 0.25) is 0 Å². The van der Waals surface area contributed by atoms with E-state index in [-0.39, 0.29) is 23.6 Å². The van der Waals surface area contributed by atoms with Crippen molar-refractivity contribution in [1.82, 2.24) is 10.6 Å². The minimum absolute atomic E-state index is 0.0629. The molecule has 2 aromatic rings. The molecule has 0 aromatic heterocycles. The van der Waals surface area contributed by atoms with E-state index < -0.39 is 11.2 Å². The summed E-state index contributed by atoms with van der Waals surface area (Å²) in [5, 5.41) is 28.8. The monoisotopic (exact) mass is 598 g/mol. The number of ether oxygens (including phenoxy) is 1. The number of phenols is 1. The Bertz CT molecular complexity index is 1420. The number of carbonyl (C=O) groups is 1. The summed E-state index contributed by atoms with van der Waals surface area (Å²) < 4.78 is 5.49. The van der Waals surface area contributed by atoms with E-state index in [1.54, 1.807) is 0 Å². The van der Waals surface area contributed by atoms with Crippen molar-refractivity contribution in [1.29, 1.82) is 0 Å². The molecule has 7 atom stereocenters. The van der Waals surface area contributed by atoms with E-state index in [1.807, 2.05) is 32.9 Å². The van der Waals surface area contributed by atoms with Crippen LogP contribution in [0, 0.1) is 29.1 Å². The summed E-state index contributed by atoms with van der Waals surface area (Å²) in [5.74, 6) is 8.65. The fourth-order valence-corrected chi connectivity index (χ4v) is 8.93. The van der Waals surface area contributed by atoms with Crippen molar-refractivity contribution in [3.8, 4) is 17.6 Å². The first kappa shape index (κ1) is 31.0. The van der Waals surface area contributed by atoms with E-state index in [9.17, 15) is 15.0 Å². The topological polar surface area (TPSA) is 90.8 Å². The number of benzene rings is 2. The van der Waals surface area contributed by atoms with Crippen LogP contribution in [0.15, 0.2) is 42.5 Å². The first-order valence-corrected chi connectivity index (χ1v) is 16.8. The lowest BCUT2D eigenvalue weighted by Crippen LogP contribution is -2.52. The molecule has 1 amide bonds. The highest BCUT2D eigenvalue weighted by atomic mass is 16.6. The number of nitrogens with one attached hydrogen (secondary N) is 2. The Morgan fingerprint density at radius 3 is 2.50 bits per heavy atom. The minimum Gasteiger partial charge on any atom is -0.508 e. The summed E-state index contributed by atoms with van der Waals surface area (Å²) in [7, 11) is 0. The Morgan fingerprint density at radius 1 is 1.00 bits per heavy atom. The molecule has 2 aromatic carbocycles. The summed E-state index contributed by atoms with van der Waals surface area (Å²) in [4.78, 5) is 12.4. The van der Waals surface area contributed by atoms with E-state index in [0.717, 1.165) is 76.3 Å². The Balaban J connectivity index is 1.08. The fourth-order valence-electron chi connectivity index (χ4n) is 8.93. The SMILES string of the molecule is CC(C)(C)OC(=O)NC1CCCCC1NCc1ccc(C#C[C@]2(O)CC[C@H]3[C@@H]4CCc5cc(O)ccc5[C@H]4CC[C@@]32C)cc1. The van der Waals surface area contributed by atoms with Gasteiger partial charge in [0.05, 0.1) is 0 Å². The van der Waals surface area contributed by atoms with Gasteiger partial charge in [-0.3, -0.25) is 0 Å². The Morgan fingerprint density at radius 2 is 1.75 bits per heavy atom. The summed E-state index contributed by atoms with van der Waals surface area (Å²) >= 11 is 0. The van der Waals surface area contributed by atoms with Crippen molar-refractivity contribution in [3.63, 3.8) is 0 Å². The zero-order valence-corrected chi connectivity index (χ0v) is 26.9. The minimum atomic E-state index is -0.977. The van der Waals surface area contributed by atoms with Gasteiger partial charge in [-0.05, 0) is 131 Å². The molecule has 4 aliphatic rings. The van der Waals surface area contributed by atoms with Gasteiger partial charge in [-0.1, -0.05) is 49.8 Å². The molecular formula is C38H50N2O4. The van der Waals surface area contributed by atoms with E-state index >= 15 is 0 Å². The molecule has 6 nitrogen and oxygen atoms in total. The smallest absolute Gasteiger partial charge is 0.407 e. The van der Waals surface area contributed by atoms with E-state index in [0.29, 0.717) is 23.5 Å². The first-order chi connectivity index (χ1) is 20.9. The number of amides is 1. The van der Waals surface area contributed by atoms with E-state index in [4.69, 9.17) is 4.74 Å². The molecule has 0 saturated heterocycles. The van der Waals surface area contributed by atoms with Gasteiger partial charge in [-0.25, -0.2) is 4.79 Å². The molecule has 6 rings (SSSR count). The van der Waals surface area contributed by atoms with Crippen molar-refractivity contribution in [2.45, 2.75) is 128 Å². The molecule has 0 spiro atoms. The van der Waals surface area contributed by atoms with Crippen LogP contribution in [0.25, 0.3) is 0 Å².